The van der Waals surface area contributed by atoms with Gasteiger partial charge >= 0.3 is 0 Å². The highest BCUT2D eigenvalue weighted by Crippen LogP contribution is 2.67. The zero-order chi connectivity index (χ0) is 42.1. The molecule has 302 valence electrons. The largest absolute Gasteiger partial charge is 0.363 e. The van der Waals surface area contributed by atoms with Gasteiger partial charge in [0.2, 0.25) is 0 Å². The van der Waals surface area contributed by atoms with Crippen LogP contribution in [0.15, 0.2) is 217 Å². The highest BCUT2D eigenvalue weighted by molar-refractivity contribution is 6.21. The predicted octanol–water partition coefficient (Wildman–Crippen LogP) is 14.6. The van der Waals surface area contributed by atoms with E-state index in [0.29, 0.717) is 5.92 Å². The van der Waals surface area contributed by atoms with Gasteiger partial charge in [0, 0.05) is 44.1 Å². The summed E-state index contributed by atoms with van der Waals surface area (Å²) in [7, 11) is 0. The molecular weight excluding hydrogens is 777 g/mol. The smallest absolute Gasteiger partial charge is 0.129 e. The van der Waals surface area contributed by atoms with Gasteiger partial charge in [-0.1, -0.05) is 159 Å². The molecule has 0 radical (unpaired) electrons. The first-order valence-corrected chi connectivity index (χ1v) is 22.5. The van der Waals surface area contributed by atoms with Crippen molar-refractivity contribution in [1.29, 1.82) is 0 Å². The van der Waals surface area contributed by atoms with Crippen molar-refractivity contribution in [3.05, 3.63) is 229 Å². The fraction of sp³-hybridized carbons (Fsp3) is 0.0833. The molecule has 4 atom stereocenters. The molecule has 14 rings (SSSR count). The summed E-state index contributed by atoms with van der Waals surface area (Å²) in [5.74, 6) is 1.53. The summed E-state index contributed by atoms with van der Waals surface area (Å²) >= 11 is 0. The van der Waals surface area contributed by atoms with Crippen LogP contribution in [0.2, 0.25) is 0 Å². The van der Waals surface area contributed by atoms with Crippen LogP contribution < -0.4 is 5.32 Å². The number of fused-ring (bicyclic) bond motifs is 10. The van der Waals surface area contributed by atoms with E-state index in [-0.39, 0.29) is 17.5 Å². The molecule has 2 aromatic heterocycles. The number of nitrogens with one attached hydrogen (secondary N) is 1. The Morgan fingerprint density at radius 2 is 1.03 bits per heavy atom. The highest BCUT2D eigenvalue weighted by Gasteiger charge is 2.68. The Morgan fingerprint density at radius 1 is 0.438 bits per heavy atom. The number of hydrogen-bond acceptors (Lipinski definition) is 2. The van der Waals surface area contributed by atoms with Gasteiger partial charge in [-0.3, -0.25) is 4.99 Å². The maximum atomic E-state index is 5.70. The Morgan fingerprint density at radius 3 is 1.83 bits per heavy atom. The Bertz CT molecular complexity index is 3910. The Hall–Kier alpha value is -7.95. The molecule has 4 heteroatoms. The van der Waals surface area contributed by atoms with Gasteiger partial charge in [-0.2, -0.15) is 0 Å². The summed E-state index contributed by atoms with van der Waals surface area (Å²) in [4.78, 5) is 5.70. The molecule has 1 N–H and O–H groups in total. The molecular formula is C60H42N4. The van der Waals surface area contributed by atoms with Crippen LogP contribution in [0.25, 0.3) is 87.3 Å². The van der Waals surface area contributed by atoms with Crippen LogP contribution in [0.1, 0.15) is 29.7 Å². The van der Waals surface area contributed by atoms with E-state index in [1.54, 1.807) is 0 Å². The molecule has 1 aliphatic carbocycles. The lowest BCUT2D eigenvalue weighted by Crippen LogP contribution is -2.37. The molecule has 0 saturated heterocycles. The summed E-state index contributed by atoms with van der Waals surface area (Å²) in [6.07, 6.45) is 0. The summed E-state index contributed by atoms with van der Waals surface area (Å²) in [5.41, 5.74) is 10.4. The minimum absolute atomic E-state index is 0.0204. The van der Waals surface area contributed by atoms with Crippen molar-refractivity contribution >= 4 is 81.8 Å². The number of rotatable bonds is 5. The van der Waals surface area contributed by atoms with Crippen LogP contribution >= 0.6 is 0 Å². The lowest BCUT2D eigenvalue weighted by Gasteiger charge is -2.31. The van der Waals surface area contributed by atoms with Gasteiger partial charge in [-0.15, -0.1) is 0 Å². The highest BCUT2D eigenvalue weighted by atomic mass is 15.2. The fourth-order valence-corrected chi connectivity index (χ4v) is 11.7. The summed E-state index contributed by atoms with van der Waals surface area (Å²) < 4.78 is 5.01. The SMILES string of the molecule is CC1C2C(c3cc(-n4c5ccccc5c5cc6c7cc8ccccc8cc7n(-c7ccccc7)c6cc54)c4ccccc4c3)NC(c3ccccc3)=NC12c1ccc2ccccc2c1. The van der Waals surface area contributed by atoms with Gasteiger partial charge in [0.15, 0.2) is 0 Å². The van der Waals surface area contributed by atoms with Crippen molar-refractivity contribution in [1.82, 2.24) is 14.5 Å². The van der Waals surface area contributed by atoms with Gasteiger partial charge in [0.05, 0.1) is 39.3 Å². The molecule has 1 saturated carbocycles. The van der Waals surface area contributed by atoms with E-state index in [1.807, 2.05) is 0 Å². The monoisotopic (exact) mass is 818 g/mol. The lowest BCUT2D eigenvalue weighted by molar-refractivity contribution is 0.471. The molecule has 1 fully saturated rings. The van der Waals surface area contributed by atoms with Crippen molar-refractivity contribution in [2.24, 2.45) is 16.8 Å². The van der Waals surface area contributed by atoms with Gasteiger partial charge in [-0.25, -0.2) is 0 Å². The third kappa shape index (κ3) is 5.02. The van der Waals surface area contributed by atoms with Gasteiger partial charge < -0.3 is 14.5 Å². The molecule has 4 unspecified atom stereocenters. The van der Waals surface area contributed by atoms with E-state index < -0.39 is 0 Å². The number of para-hydroxylation sites is 2. The van der Waals surface area contributed by atoms with E-state index in [1.165, 1.54) is 92.7 Å². The maximum Gasteiger partial charge on any atom is 0.129 e. The average Bonchev–Trinajstić information content (AvgIpc) is 3.67. The second-order valence-corrected chi connectivity index (χ2v) is 18.0. The van der Waals surface area contributed by atoms with E-state index in [0.717, 1.165) is 17.1 Å². The standard InChI is InChI=1S/C60H42N4/c1-37-57-58(61-59(39-17-4-2-5-18-39)62-60(37,57)45-29-28-38-16-8-9-19-40(38)31-45)44-30-43-22-12-13-25-47(43)53(34-44)64-52-27-15-14-26-48(52)50-35-51-49-32-41-20-10-11-21-42(41)33-54(49)63(55(51)36-56(50)64)46-23-6-3-7-24-46/h2-37,57-58H,1H3,(H,61,62). The van der Waals surface area contributed by atoms with Crippen LogP contribution in [-0.2, 0) is 5.54 Å². The number of hydrogen-bond donors (Lipinski definition) is 1. The van der Waals surface area contributed by atoms with Crippen LogP contribution in [0, 0.1) is 11.8 Å². The lowest BCUT2D eigenvalue weighted by atomic mass is 9.90. The summed E-state index contributed by atoms with van der Waals surface area (Å²) in [6.45, 7) is 2.40. The molecule has 4 nitrogen and oxygen atoms in total. The topological polar surface area (TPSA) is 34.2 Å². The van der Waals surface area contributed by atoms with Crippen LogP contribution in [0.3, 0.4) is 0 Å². The van der Waals surface area contributed by atoms with Crippen LogP contribution in [-0.4, -0.2) is 15.0 Å². The Labute approximate surface area is 370 Å². The molecule has 1 aliphatic heterocycles. The number of aromatic nitrogens is 2. The van der Waals surface area contributed by atoms with Crippen LogP contribution in [0.5, 0.6) is 0 Å². The first-order valence-electron chi connectivity index (χ1n) is 22.5. The maximum absolute atomic E-state index is 5.70. The number of aliphatic imine (C=N–C) groups is 1. The first kappa shape index (κ1) is 35.6. The summed E-state index contributed by atoms with van der Waals surface area (Å²) in [6, 6.07) is 78.5. The zero-order valence-corrected chi connectivity index (χ0v) is 35.3. The normalized spacial score (nSPS) is 19.5. The van der Waals surface area contributed by atoms with E-state index in [2.05, 4.69) is 234 Å². The molecule has 2 aliphatic rings. The first-order chi connectivity index (χ1) is 31.6. The third-order valence-electron chi connectivity index (χ3n) is 14.7. The van der Waals surface area contributed by atoms with Crippen LogP contribution in [0.4, 0.5) is 0 Å². The summed E-state index contributed by atoms with van der Waals surface area (Å²) in [5, 5.41) is 16.5. The Balaban J connectivity index is 1.03. The molecule has 12 aromatic rings. The van der Waals surface area contributed by atoms with E-state index in [4.69, 9.17) is 4.99 Å². The number of amidine groups is 1. The van der Waals surface area contributed by atoms with E-state index >= 15 is 0 Å². The average molecular weight is 819 g/mol. The van der Waals surface area contributed by atoms with Crippen molar-refractivity contribution in [3.63, 3.8) is 0 Å². The van der Waals surface area contributed by atoms with Crippen molar-refractivity contribution < 1.29 is 0 Å². The molecule has 0 amide bonds. The van der Waals surface area contributed by atoms with Gasteiger partial charge in [0.1, 0.15) is 5.84 Å². The number of benzene rings is 10. The molecule has 10 aromatic carbocycles. The van der Waals surface area contributed by atoms with Crippen molar-refractivity contribution in [3.8, 4) is 11.4 Å². The van der Waals surface area contributed by atoms with Gasteiger partial charge in [-0.05, 0) is 105 Å². The molecule has 64 heavy (non-hydrogen) atoms. The predicted molar refractivity (Wildman–Crippen MR) is 267 cm³/mol. The molecule has 3 heterocycles. The minimum Gasteiger partial charge on any atom is -0.363 e. The van der Waals surface area contributed by atoms with Crippen molar-refractivity contribution in [2.75, 3.05) is 0 Å². The van der Waals surface area contributed by atoms with Gasteiger partial charge in [0.25, 0.3) is 0 Å². The van der Waals surface area contributed by atoms with E-state index in [9.17, 15) is 0 Å². The second-order valence-electron chi connectivity index (χ2n) is 18.0. The zero-order valence-electron chi connectivity index (χ0n) is 35.3. The quantitative estimate of drug-likeness (QED) is 0.184. The fourth-order valence-electron chi connectivity index (χ4n) is 11.7. The minimum atomic E-state index is -0.356. The van der Waals surface area contributed by atoms with Crippen molar-refractivity contribution in [2.45, 2.75) is 18.5 Å². The number of nitrogens with zero attached hydrogens (tertiary/aromatic N) is 3. The Kier molecular flexibility index (Phi) is 7.39. The molecule has 0 bridgehead atoms. The third-order valence-corrected chi connectivity index (χ3v) is 14.7. The second kappa shape index (κ2) is 13.3. The molecule has 0 spiro atoms.